The number of likely N-dealkylation sites (tertiary alicyclic amines) is 1. The van der Waals surface area contributed by atoms with Crippen molar-refractivity contribution >= 4 is 12.0 Å². The van der Waals surface area contributed by atoms with Crippen molar-refractivity contribution < 1.29 is 14.3 Å². The van der Waals surface area contributed by atoms with Crippen LogP contribution in [0.5, 0.6) is 0 Å². The van der Waals surface area contributed by atoms with Crippen LogP contribution in [0.4, 0.5) is 4.79 Å². The first-order chi connectivity index (χ1) is 8.88. The molecule has 1 aliphatic heterocycles. The number of ether oxygens (including phenoxy) is 1. The number of nitrogens with one attached hydrogen (secondary N) is 1. The second-order valence-corrected chi connectivity index (χ2v) is 6.17. The standard InChI is InChI=1S/C14H24N2O3/c1-7(2)12(15-14(18)19-5)13(17)16-9(4)8(3)10-6-11(10)16/h7-12H,6H2,1-5H3,(H,15,18)/t8-,9+,10+,11?,12?/m0/s1. The van der Waals surface area contributed by atoms with Gasteiger partial charge in [-0.05, 0) is 31.1 Å². The van der Waals surface area contributed by atoms with Gasteiger partial charge in [-0.3, -0.25) is 4.79 Å². The SMILES string of the molecule is COC(=O)NC(C(=O)N1C2C[C@@H]2[C@@H](C)[C@H]1C)C(C)C. The molecular weight excluding hydrogens is 244 g/mol. The van der Waals surface area contributed by atoms with Crippen LogP contribution in [-0.4, -0.2) is 42.1 Å². The highest BCUT2D eigenvalue weighted by molar-refractivity contribution is 5.87. The van der Waals surface area contributed by atoms with E-state index in [1.807, 2.05) is 18.7 Å². The molecule has 0 aromatic rings. The van der Waals surface area contributed by atoms with E-state index < -0.39 is 12.1 Å². The second kappa shape index (κ2) is 5.02. The van der Waals surface area contributed by atoms with Crippen molar-refractivity contribution in [2.24, 2.45) is 17.8 Å². The summed E-state index contributed by atoms with van der Waals surface area (Å²) in [6, 6.07) is 0.150. The van der Waals surface area contributed by atoms with Crippen molar-refractivity contribution in [2.45, 2.75) is 52.2 Å². The van der Waals surface area contributed by atoms with E-state index in [1.54, 1.807) is 0 Å². The lowest BCUT2D eigenvalue weighted by molar-refractivity contribution is -0.136. The molecule has 0 aromatic heterocycles. The molecule has 108 valence electrons. The van der Waals surface area contributed by atoms with Gasteiger partial charge >= 0.3 is 6.09 Å². The van der Waals surface area contributed by atoms with Gasteiger partial charge in [0, 0.05) is 12.1 Å². The molecule has 0 bridgehead atoms. The Balaban J connectivity index is 2.09. The summed E-state index contributed by atoms with van der Waals surface area (Å²) >= 11 is 0. The lowest BCUT2D eigenvalue weighted by Crippen LogP contribution is -2.53. The molecule has 1 saturated carbocycles. The maximum atomic E-state index is 12.7. The Labute approximate surface area is 114 Å². The summed E-state index contributed by atoms with van der Waals surface area (Å²) in [6.45, 7) is 8.19. The average Bonchev–Trinajstić information content (AvgIpc) is 3.09. The van der Waals surface area contributed by atoms with Gasteiger partial charge in [0.1, 0.15) is 6.04 Å². The zero-order valence-electron chi connectivity index (χ0n) is 12.3. The first kappa shape index (κ1) is 14.2. The van der Waals surface area contributed by atoms with E-state index in [0.717, 1.165) is 6.42 Å². The molecule has 0 radical (unpaired) electrons. The summed E-state index contributed by atoms with van der Waals surface area (Å²) in [5.74, 6) is 1.29. The fraction of sp³-hybridized carbons (Fsp3) is 0.857. The maximum absolute atomic E-state index is 12.7. The average molecular weight is 268 g/mol. The molecule has 5 atom stereocenters. The number of methoxy groups -OCH3 is 1. The van der Waals surface area contributed by atoms with Gasteiger partial charge in [-0.2, -0.15) is 0 Å². The maximum Gasteiger partial charge on any atom is 0.407 e. The van der Waals surface area contributed by atoms with Crippen molar-refractivity contribution in [2.75, 3.05) is 7.11 Å². The van der Waals surface area contributed by atoms with E-state index >= 15 is 0 Å². The van der Waals surface area contributed by atoms with Gasteiger partial charge in [-0.1, -0.05) is 20.8 Å². The molecule has 2 unspecified atom stereocenters. The minimum Gasteiger partial charge on any atom is -0.453 e. The zero-order chi connectivity index (χ0) is 14.3. The molecule has 2 fully saturated rings. The smallest absolute Gasteiger partial charge is 0.407 e. The summed E-state index contributed by atoms with van der Waals surface area (Å²) < 4.78 is 4.61. The molecule has 1 N–H and O–H groups in total. The molecule has 1 saturated heterocycles. The fourth-order valence-electron chi connectivity index (χ4n) is 3.22. The highest BCUT2D eigenvalue weighted by Gasteiger charge is 2.57. The number of piperidine rings is 1. The van der Waals surface area contributed by atoms with E-state index in [1.165, 1.54) is 7.11 Å². The molecule has 5 nitrogen and oxygen atoms in total. The Bertz CT molecular complexity index is 383. The summed E-state index contributed by atoms with van der Waals surface area (Å²) in [5.41, 5.74) is 0. The van der Waals surface area contributed by atoms with E-state index in [0.29, 0.717) is 17.9 Å². The third-order valence-electron chi connectivity index (χ3n) is 4.68. The highest BCUT2D eigenvalue weighted by atomic mass is 16.5. The quantitative estimate of drug-likeness (QED) is 0.846. The van der Waals surface area contributed by atoms with Crippen LogP contribution >= 0.6 is 0 Å². The van der Waals surface area contributed by atoms with Crippen LogP contribution in [0.15, 0.2) is 0 Å². The van der Waals surface area contributed by atoms with Gasteiger partial charge < -0.3 is 15.0 Å². The number of rotatable bonds is 3. The van der Waals surface area contributed by atoms with Crippen LogP contribution in [0.2, 0.25) is 0 Å². The Morgan fingerprint density at radius 2 is 1.95 bits per heavy atom. The Kier molecular flexibility index (Phi) is 3.74. The molecule has 19 heavy (non-hydrogen) atoms. The van der Waals surface area contributed by atoms with E-state index in [2.05, 4.69) is 23.9 Å². The fourth-order valence-corrected chi connectivity index (χ4v) is 3.22. The minimum absolute atomic E-state index is 0.0322. The van der Waals surface area contributed by atoms with E-state index in [-0.39, 0.29) is 17.9 Å². The van der Waals surface area contributed by atoms with Gasteiger partial charge in [0.15, 0.2) is 0 Å². The Morgan fingerprint density at radius 3 is 2.37 bits per heavy atom. The largest absolute Gasteiger partial charge is 0.453 e. The zero-order valence-corrected chi connectivity index (χ0v) is 12.3. The van der Waals surface area contributed by atoms with Crippen molar-refractivity contribution in [1.29, 1.82) is 0 Å². The molecule has 2 rings (SSSR count). The summed E-state index contributed by atoms with van der Waals surface area (Å²) in [5, 5.41) is 2.66. The number of carbonyl (C=O) groups is 2. The molecule has 0 spiro atoms. The van der Waals surface area contributed by atoms with Crippen LogP contribution in [0.3, 0.4) is 0 Å². The molecule has 0 aromatic carbocycles. The van der Waals surface area contributed by atoms with Crippen molar-refractivity contribution in [3.8, 4) is 0 Å². The number of fused-ring (bicyclic) bond motifs is 1. The van der Waals surface area contributed by atoms with E-state index in [9.17, 15) is 9.59 Å². The molecule has 1 heterocycles. The number of carbonyl (C=O) groups excluding carboxylic acids is 2. The lowest BCUT2D eigenvalue weighted by atomic mass is 9.98. The number of hydrogen-bond acceptors (Lipinski definition) is 3. The highest BCUT2D eigenvalue weighted by Crippen LogP contribution is 2.51. The normalized spacial score (nSPS) is 33.9. The molecule has 1 aliphatic carbocycles. The molecular formula is C14H24N2O3. The van der Waals surface area contributed by atoms with Crippen molar-refractivity contribution in [1.82, 2.24) is 10.2 Å². The van der Waals surface area contributed by atoms with Gasteiger partial charge in [0.2, 0.25) is 5.91 Å². The summed E-state index contributed by atoms with van der Waals surface area (Å²) in [7, 11) is 1.31. The predicted molar refractivity (Wildman–Crippen MR) is 71.5 cm³/mol. The van der Waals surface area contributed by atoms with Crippen LogP contribution in [0, 0.1) is 17.8 Å². The summed E-state index contributed by atoms with van der Waals surface area (Å²) in [4.78, 5) is 26.0. The molecule has 5 heteroatoms. The molecule has 2 aliphatic rings. The predicted octanol–water partition coefficient (Wildman–Crippen LogP) is 1.62. The Morgan fingerprint density at radius 1 is 1.32 bits per heavy atom. The van der Waals surface area contributed by atoms with Gasteiger partial charge in [-0.25, -0.2) is 4.79 Å². The topological polar surface area (TPSA) is 58.6 Å². The summed E-state index contributed by atoms with van der Waals surface area (Å²) in [6.07, 6.45) is 0.569. The first-order valence-corrected chi connectivity index (χ1v) is 7.05. The van der Waals surface area contributed by atoms with Gasteiger partial charge in [0.05, 0.1) is 7.11 Å². The number of amides is 2. The third-order valence-corrected chi connectivity index (χ3v) is 4.68. The van der Waals surface area contributed by atoms with Crippen molar-refractivity contribution in [3.63, 3.8) is 0 Å². The van der Waals surface area contributed by atoms with Crippen LogP contribution in [0.1, 0.15) is 34.1 Å². The monoisotopic (exact) mass is 268 g/mol. The van der Waals surface area contributed by atoms with Gasteiger partial charge in [0.25, 0.3) is 0 Å². The Hall–Kier alpha value is -1.26. The number of nitrogens with zero attached hydrogens (tertiary/aromatic N) is 1. The number of alkyl carbamates (subject to hydrolysis) is 1. The minimum atomic E-state index is -0.542. The third kappa shape index (κ3) is 2.42. The van der Waals surface area contributed by atoms with E-state index in [4.69, 9.17) is 0 Å². The van der Waals surface area contributed by atoms with Crippen LogP contribution < -0.4 is 5.32 Å². The van der Waals surface area contributed by atoms with Gasteiger partial charge in [-0.15, -0.1) is 0 Å². The van der Waals surface area contributed by atoms with Crippen LogP contribution in [0.25, 0.3) is 0 Å². The molecule has 2 amide bonds. The van der Waals surface area contributed by atoms with Crippen molar-refractivity contribution in [3.05, 3.63) is 0 Å². The lowest BCUT2D eigenvalue weighted by Gasteiger charge is -2.32. The number of hydrogen-bond donors (Lipinski definition) is 1. The first-order valence-electron chi connectivity index (χ1n) is 7.05. The van der Waals surface area contributed by atoms with Crippen LogP contribution in [-0.2, 0) is 9.53 Å². The second-order valence-electron chi connectivity index (χ2n) is 6.17.